The van der Waals surface area contributed by atoms with E-state index in [1.165, 1.54) is 11.3 Å². The summed E-state index contributed by atoms with van der Waals surface area (Å²) in [5, 5.41) is 3.74. The Bertz CT molecular complexity index is 1180. The second-order valence-corrected chi connectivity index (χ2v) is 10.6. The predicted molar refractivity (Wildman–Crippen MR) is 123 cm³/mol. The Morgan fingerprint density at radius 2 is 2.07 bits per heavy atom. The van der Waals surface area contributed by atoms with Crippen LogP contribution in [-0.2, 0) is 18.2 Å². The number of hydrogen-bond donors (Lipinski definition) is 1. The molecular weight excluding hydrogens is 422 g/mol. The summed E-state index contributed by atoms with van der Waals surface area (Å²) in [6, 6.07) is 2.03. The minimum absolute atomic E-state index is 0.572. The van der Waals surface area contributed by atoms with E-state index >= 15 is 0 Å². The van der Waals surface area contributed by atoms with Crippen molar-refractivity contribution in [2.45, 2.75) is 37.8 Å². The summed E-state index contributed by atoms with van der Waals surface area (Å²) < 4.78 is 15.6. The van der Waals surface area contributed by atoms with Gasteiger partial charge in [-0.3, -0.25) is 0 Å². The highest BCUT2D eigenvalue weighted by atomic mass is 32.2. The number of nitrogen functional groups attached to an aromatic ring is 1. The highest BCUT2D eigenvalue weighted by molar-refractivity contribution is 7.93. The maximum Gasteiger partial charge on any atom is 0.232 e. The first-order chi connectivity index (χ1) is 13.9. The number of nitrogens with two attached hydrogens (primary N) is 1. The topological polar surface area (TPSA) is 92.7 Å². The number of pyridine rings is 1. The summed E-state index contributed by atoms with van der Waals surface area (Å²) in [7, 11) is 1.99. The molecule has 4 rings (SSSR count). The number of rotatable bonds is 6. The molecule has 9 heteroatoms. The number of thiazole rings is 1. The van der Waals surface area contributed by atoms with Crippen LogP contribution in [0, 0.1) is 13.8 Å². The van der Waals surface area contributed by atoms with Crippen molar-refractivity contribution >= 4 is 49.8 Å². The molecule has 0 aliphatic carbocycles. The largest absolute Gasteiger partial charge is 0.611 e. The smallest absolute Gasteiger partial charge is 0.232 e. The fourth-order valence-electron chi connectivity index (χ4n) is 3.17. The molecule has 0 saturated heterocycles. The van der Waals surface area contributed by atoms with Crippen LogP contribution in [0.1, 0.15) is 31.3 Å². The molecular formula is C20H23N5OS3. The Balaban J connectivity index is 1.96. The minimum atomic E-state index is -1.12. The number of fused-ring (bicyclic) bond motifs is 1. The lowest BCUT2D eigenvalue weighted by atomic mass is 10.1. The number of aryl methyl sites for hydroxylation is 2. The number of imidazole rings is 1. The molecule has 0 aliphatic rings. The summed E-state index contributed by atoms with van der Waals surface area (Å²) in [5.41, 5.74) is 10.8. The Morgan fingerprint density at radius 1 is 1.28 bits per heavy atom. The van der Waals surface area contributed by atoms with Gasteiger partial charge in [0.25, 0.3) is 0 Å². The lowest BCUT2D eigenvalue weighted by Crippen LogP contribution is -2.07. The standard InChI is InChI=1S/C20H23N5OS3/c1-5-6-7-29(26)20-17(21)16-13(15-9-22-12(3)25(15)4)8-14(24-19(16)28-20)18-23-11(2)10-27-18/h8-10H,5-7,21H2,1-4H3. The van der Waals surface area contributed by atoms with Gasteiger partial charge in [0.15, 0.2) is 0 Å². The third-order valence-corrected chi connectivity index (χ3v) is 8.87. The fraction of sp³-hybridized carbons (Fsp3) is 0.350. The lowest BCUT2D eigenvalue weighted by molar-refractivity contribution is 0.594. The van der Waals surface area contributed by atoms with Gasteiger partial charge < -0.3 is 14.9 Å². The van der Waals surface area contributed by atoms with Gasteiger partial charge in [-0.1, -0.05) is 24.7 Å². The van der Waals surface area contributed by atoms with Gasteiger partial charge in [0, 0.05) is 29.1 Å². The van der Waals surface area contributed by atoms with Crippen molar-refractivity contribution in [3.63, 3.8) is 0 Å². The second kappa shape index (κ2) is 8.06. The first-order valence-corrected chi connectivity index (χ1v) is 12.4. The predicted octanol–water partition coefficient (Wildman–Crippen LogP) is 4.93. The average Bonchev–Trinajstić information content (AvgIpc) is 3.38. The third-order valence-electron chi connectivity index (χ3n) is 4.89. The van der Waals surface area contributed by atoms with Crippen molar-refractivity contribution in [3.8, 4) is 22.0 Å². The normalized spacial score (nSPS) is 12.7. The zero-order valence-corrected chi connectivity index (χ0v) is 19.3. The third kappa shape index (κ3) is 3.68. The molecule has 1 atom stereocenters. The van der Waals surface area contributed by atoms with Crippen LogP contribution in [0.5, 0.6) is 0 Å². The van der Waals surface area contributed by atoms with Crippen LogP contribution in [0.4, 0.5) is 5.69 Å². The van der Waals surface area contributed by atoms with Gasteiger partial charge in [0.05, 0.1) is 11.9 Å². The molecule has 29 heavy (non-hydrogen) atoms. The first-order valence-electron chi connectivity index (χ1n) is 9.43. The van der Waals surface area contributed by atoms with Gasteiger partial charge >= 0.3 is 0 Å². The first kappa shape index (κ1) is 20.3. The van der Waals surface area contributed by atoms with Crippen LogP contribution < -0.4 is 5.73 Å². The number of hydrogen-bond acceptors (Lipinski definition) is 7. The molecule has 4 heterocycles. The SMILES string of the molecule is CCCC[S+]([O-])c1sc2nc(-c3nc(C)cs3)cc(-c3cnc(C)n3C)c2c1N. The number of nitrogens with zero attached hydrogens (tertiary/aromatic N) is 4. The molecule has 0 fully saturated rings. The summed E-state index contributed by atoms with van der Waals surface area (Å²) >= 11 is 1.88. The van der Waals surface area contributed by atoms with E-state index < -0.39 is 11.2 Å². The number of aromatic nitrogens is 4. The van der Waals surface area contributed by atoms with E-state index in [0.717, 1.165) is 56.5 Å². The van der Waals surface area contributed by atoms with Gasteiger partial charge in [-0.25, -0.2) is 15.0 Å². The van der Waals surface area contributed by atoms with Gasteiger partial charge in [0.2, 0.25) is 4.21 Å². The highest BCUT2D eigenvalue weighted by Gasteiger charge is 2.26. The van der Waals surface area contributed by atoms with Crippen LogP contribution in [0.15, 0.2) is 21.9 Å². The van der Waals surface area contributed by atoms with E-state index in [0.29, 0.717) is 15.6 Å². The lowest BCUT2D eigenvalue weighted by Gasteiger charge is -2.09. The van der Waals surface area contributed by atoms with E-state index in [9.17, 15) is 4.55 Å². The van der Waals surface area contributed by atoms with Gasteiger partial charge in [0.1, 0.15) is 32.8 Å². The number of anilines is 1. The number of thiophene rings is 1. The Morgan fingerprint density at radius 3 is 2.69 bits per heavy atom. The van der Waals surface area contributed by atoms with E-state index in [2.05, 4.69) is 16.9 Å². The second-order valence-electron chi connectivity index (χ2n) is 6.99. The van der Waals surface area contributed by atoms with Crippen molar-refractivity contribution in [1.82, 2.24) is 19.5 Å². The molecule has 6 nitrogen and oxygen atoms in total. The van der Waals surface area contributed by atoms with Crippen molar-refractivity contribution < 1.29 is 4.55 Å². The molecule has 0 spiro atoms. The van der Waals surface area contributed by atoms with E-state index in [4.69, 9.17) is 10.7 Å². The molecule has 2 N–H and O–H groups in total. The van der Waals surface area contributed by atoms with Crippen molar-refractivity contribution in [2.24, 2.45) is 7.05 Å². The molecule has 0 amide bonds. The Hall–Kier alpha value is -1.94. The molecule has 0 saturated carbocycles. The van der Waals surface area contributed by atoms with Crippen molar-refractivity contribution in [2.75, 3.05) is 11.5 Å². The van der Waals surface area contributed by atoms with Crippen LogP contribution in [-0.4, -0.2) is 29.8 Å². The molecule has 1 unspecified atom stereocenters. The van der Waals surface area contributed by atoms with Gasteiger partial charge in [-0.05, 0) is 37.5 Å². The average molecular weight is 446 g/mol. The summed E-state index contributed by atoms with van der Waals surface area (Å²) in [6.45, 7) is 6.04. The number of unbranched alkanes of at least 4 members (excludes halogenated alkanes) is 1. The quantitative estimate of drug-likeness (QED) is 0.425. The Kier molecular flexibility index (Phi) is 5.65. The van der Waals surface area contributed by atoms with Crippen LogP contribution in [0.2, 0.25) is 0 Å². The van der Waals surface area contributed by atoms with E-state index in [1.807, 2.05) is 43.1 Å². The minimum Gasteiger partial charge on any atom is -0.611 e. The zero-order chi connectivity index (χ0) is 20.7. The molecule has 0 aliphatic heterocycles. The van der Waals surface area contributed by atoms with Crippen molar-refractivity contribution in [1.29, 1.82) is 0 Å². The fourth-order valence-corrected chi connectivity index (χ4v) is 6.73. The summed E-state index contributed by atoms with van der Waals surface area (Å²) in [6.07, 6.45) is 3.76. The summed E-state index contributed by atoms with van der Waals surface area (Å²) in [4.78, 5) is 14.7. The van der Waals surface area contributed by atoms with Crippen LogP contribution >= 0.6 is 22.7 Å². The van der Waals surface area contributed by atoms with E-state index in [-0.39, 0.29) is 0 Å². The van der Waals surface area contributed by atoms with Gasteiger partial charge in [-0.2, -0.15) is 0 Å². The molecule has 0 bridgehead atoms. The zero-order valence-electron chi connectivity index (χ0n) is 16.9. The van der Waals surface area contributed by atoms with Crippen molar-refractivity contribution in [3.05, 3.63) is 29.2 Å². The van der Waals surface area contributed by atoms with Crippen LogP contribution in [0.3, 0.4) is 0 Å². The monoisotopic (exact) mass is 445 g/mol. The Labute approximate surface area is 181 Å². The molecule has 4 aromatic heterocycles. The van der Waals surface area contributed by atoms with Gasteiger partial charge in [-0.15, -0.1) is 11.3 Å². The molecule has 0 radical (unpaired) electrons. The molecule has 0 aromatic carbocycles. The van der Waals surface area contributed by atoms with E-state index in [1.54, 1.807) is 11.3 Å². The molecule has 4 aromatic rings. The molecule has 152 valence electrons. The highest BCUT2D eigenvalue weighted by Crippen LogP contribution is 2.43. The maximum absolute atomic E-state index is 12.9. The van der Waals surface area contributed by atoms with Crippen LogP contribution in [0.25, 0.3) is 32.2 Å². The maximum atomic E-state index is 12.9. The summed E-state index contributed by atoms with van der Waals surface area (Å²) in [5.74, 6) is 1.53.